The number of para-hydroxylation sites is 1. The zero-order valence-electron chi connectivity index (χ0n) is 27.9. The Hall–Kier alpha value is -3.24. The maximum atomic E-state index is 6.45. The minimum Gasteiger partial charge on any atom is -0.457 e. The lowest BCUT2D eigenvalue weighted by Crippen LogP contribution is -2.60. The number of fused-ring (bicyclic) bond motifs is 1. The van der Waals surface area contributed by atoms with Crippen molar-refractivity contribution >= 4 is 29.3 Å². The van der Waals surface area contributed by atoms with Crippen molar-refractivity contribution in [3.63, 3.8) is 0 Å². The van der Waals surface area contributed by atoms with Crippen molar-refractivity contribution in [2.24, 2.45) is 10.8 Å². The van der Waals surface area contributed by atoms with E-state index in [9.17, 15) is 0 Å². The highest BCUT2D eigenvalue weighted by Crippen LogP contribution is 2.55. The molecule has 48 heavy (non-hydrogen) atoms. The standard InChI is InChI=1S/C38H48N8O.ClH/c39-35-33-34(27-6-8-32(9-7-27)47-31-4-2-1-3-5-31)43-46(36(33)42-26-41-35)28-10-18-44(19-11-28)29-24-38(25-29)14-20-45(21-15-38)30-22-37(23-30)12-16-40-17-13-37;/h1-9,26,28-30,40H,10-25H2,(H2,39,41,42);1H. The summed E-state index contributed by atoms with van der Waals surface area (Å²) < 4.78 is 8.16. The summed E-state index contributed by atoms with van der Waals surface area (Å²) in [5, 5.41) is 9.56. The molecule has 254 valence electrons. The summed E-state index contributed by atoms with van der Waals surface area (Å²) in [4.78, 5) is 14.7. The molecule has 3 aliphatic heterocycles. The van der Waals surface area contributed by atoms with E-state index in [0.717, 1.165) is 71.8 Å². The van der Waals surface area contributed by atoms with E-state index in [2.05, 4.69) is 24.8 Å². The molecule has 2 aliphatic carbocycles. The van der Waals surface area contributed by atoms with Crippen LogP contribution in [0.15, 0.2) is 60.9 Å². The number of rotatable bonds is 6. The number of ether oxygens (including phenoxy) is 1. The fourth-order valence-corrected chi connectivity index (χ4v) is 9.79. The maximum absolute atomic E-state index is 6.45. The summed E-state index contributed by atoms with van der Waals surface area (Å²) in [6, 6.07) is 19.8. The fraction of sp³-hybridized carbons (Fsp3) is 0.553. The van der Waals surface area contributed by atoms with E-state index < -0.39 is 0 Å². The van der Waals surface area contributed by atoms with Gasteiger partial charge in [0, 0.05) is 30.7 Å². The summed E-state index contributed by atoms with van der Waals surface area (Å²) in [5.74, 6) is 2.08. The number of anilines is 1. The van der Waals surface area contributed by atoms with Crippen molar-refractivity contribution < 1.29 is 4.74 Å². The minimum absolute atomic E-state index is 0. The molecular formula is C38H49ClN8O. The van der Waals surface area contributed by atoms with Crippen LogP contribution in [0.4, 0.5) is 5.82 Å². The first kappa shape index (κ1) is 32.0. The van der Waals surface area contributed by atoms with Gasteiger partial charge in [-0.2, -0.15) is 5.10 Å². The molecule has 5 heterocycles. The van der Waals surface area contributed by atoms with Gasteiger partial charge >= 0.3 is 0 Å². The first-order valence-corrected chi connectivity index (χ1v) is 18.1. The van der Waals surface area contributed by atoms with Crippen LogP contribution >= 0.6 is 12.4 Å². The van der Waals surface area contributed by atoms with E-state index >= 15 is 0 Å². The summed E-state index contributed by atoms with van der Waals surface area (Å²) in [5.41, 5.74) is 10.4. The van der Waals surface area contributed by atoms with Gasteiger partial charge in [0.2, 0.25) is 0 Å². The molecule has 0 atom stereocenters. The Morgan fingerprint density at radius 3 is 1.98 bits per heavy atom. The number of benzene rings is 2. The first-order chi connectivity index (χ1) is 23.1. The van der Waals surface area contributed by atoms with Crippen molar-refractivity contribution in [2.75, 3.05) is 45.0 Å². The lowest BCUT2D eigenvalue weighted by atomic mass is 9.57. The number of nitrogens with zero attached hydrogens (tertiary/aromatic N) is 6. The zero-order chi connectivity index (χ0) is 31.4. The van der Waals surface area contributed by atoms with E-state index in [-0.39, 0.29) is 12.4 Å². The van der Waals surface area contributed by atoms with Crippen LogP contribution in [-0.4, -0.2) is 80.9 Å². The van der Waals surface area contributed by atoms with Gasteiger partial charge in [-0.25, -0.2) is 14.6 Å². The lowest BCUT2D eigenvalue weighted by Gasteiger charge is -2.59. The third kappa shape index (κ3) is 5.86. The molecule has 0 amide bonds. The summed E-state index contributed by atoms with van der Waals surface area (Å²) >= 11 is 0. The molecule has 5 aliphatic rings. The molecule has 0 bridgehead atoms. The molecule has 5 fully saturated rings. The van der Waals surface area contributed by atoms with Crippen LogP contribution in [0, 0.1) is 10.8 Å². The predicted octanol–water partition coefficient (Wildman–Crippen LogP) is 6.70. The number of halogens is 1. The fourth-order valence-electron chi connectivity index (χ4n) is 9.79. The summed E-state index contributed by atoms with van der Waals surface area (Å²) in [6.07, 6.45) is 15.1. The number of nitrogens with one attached hydrogen (secondary N) is 1. The molecule has 2 aromatic heterocycles. The Labute approximate surface area is 290 Å². The summed E-state index contributed by atoms with van der Waals surface area (Å²) in [6.45, 7) is 7.38. The van der Waals surface area contributed by atoms with Gasteiger partial charge in [-0.3, -0.25) is 0 Å². The molecule has 2 saturated carbocycles. The van der Waals surface area contributed by atoms with Crippen LogP contribution in [0.5, 0.6) is 11.5 Å². The molecule has 2 aromatic carbocycles. The lowest BCUT2D eigenvalue weighted by molar-refractivity contribution is -0.0849. The monoisotopic (exact) mass is 668 g/mol. The van der Waals surface area contributed by atoms with Crippen molar-refractivity contribution in [3.05, 3.63) is 60.9 Å². The maximum Gasteiger partial charge on any atom is 0.164 e. The Bertz CT molecular complexity index is 1690. The molecular weight excluding hydrogens is 620 g/mol. The number of nitrogen functional groups attached to an aromatic ring is 1. The molecule has 3 saturated heterocycles. The second-order valence-corrected chi connectivity index (χ2v) is 15.4. The zero-order valence-corrected chi connectivity index (χ0v) is 28.7. The van der Waals surface area contributed by atoms with Gasteiger partial charge in [-0.05, 0) is 138 Å². The highest BCUT2D eigenvalue weighted by molar-refractivity contribution is 5.98. The van der Waals surface area contributed by atoms with Gasteiger partial charge in [0.1, 0.15) is 29.3 Å². The number of piperidine rings is 3. The minimum atomic E-state index is 0. The molecule has 3 N–H and O–H groups in total. The van der Waals surface area contributed by atoms with Gasteiger partial charge in [-0.15, -0.1) is 12.4 Å². The van der Waals surface area contributed by atoms with Gasteiger partial charge in [0.05, 0.1) is 11.4 Å². The van der Waals surface area contributed by atoms with Crippen molar-refractivity contribution in [3.8, 4) is 22.8 Å². The number of aromatic nitrogens is 4. The quantitative estimate of drug-likeness (QED) is 0.234. The van der Waals surface area contributed by atoms with E-state index in [4.69, 9.17) is 20.6 Å². The van der Waals surface area contributed by atoms with Crippen LogP contribution in [0.1, 0.15) is 70.3 Å². The molecule has 9 nitrogen and oxygen atoms in total. The van der Waals surface area contributed by atoms with Crippen LogP contribution in [0.3, 0.4) is 0 Å². The average Bonchev–Trinajstić information content (AvgIpc) is 3.48. The third-order valence-electron chi connectivity index (χ3n) is 12.7. The smallest absolute Gasteiger partial charge is 0.164 e. The normalized spacial score (nSPS) is 24.6. The van der Waals surface area contributed by atoms with Crippen molar-refractivity contribution in [1.82, 2.24) is 34.9 Å². The Balaban J connectivity index is 0.00000336. The Kier molecular flexibility index (Phi) is 8.60. The molecule has 10 heteroatoms. The van der Waals surface area contributed by atoms with Crippen molar-refractivity contribution in [2.45, 2.75) is 82.3 Å². The van der Waals surface area contributed by atoms with Gasteiger partial charge in [-0.1, -0.05) is 18.2 Å². The van der Waals surface area contributed by atoms with Crippen LogP contribution in [0.25, 0.3) is 22.3 Å². The Morgan fingerprint density at radius 2 is 1.31 bits per heavy atom. The highest BCUT2D eigenvalue weighted by atomic mass is 35.5. The van der Waals surface area contributed by atoms with Gasteiger partial charge in [0.25, 0.3) is 0 Å². The number of hydrogen-bond donors (Lipinski definition) is 2. The second-order valence-electron chi connectivity index (χ2n) is 15.4. The van der Waals surface area contributed by atoms with Crippen molar-refractivity contribution in [1.29, 1.82) is 0 Å². The Morgan fingerprint density at radius 1 is 0.708 bits per heavy atom. The second kappa shape index (κ2) is 12.9. The summed E-state index contributed by atoms with van der Waals surface area (Å²) in [7, 11) is 0. The molecule has 0 unspecified atom stereocenters. The first-order valence-electron chi connectivity index (χ1n) is 18.1. The highest BCUT2D eigenvalue weighted by Gasteiger charge is 2.51. The largest absolute Gasteiger partial charge is 0.457 e. The third-order valence-corrected chi connectivity index (χ3v) is 12.7. The van der Waals surface area contributed by atoms with E-state index in [1.54, 1.807) is 6.33 Å². The average molecular weight is 669 g/mol. The number of nitrogens with two attached hydrogens (primary N) is 1. The van der Waals surface area contributed by atoms with E-state index in [1.807, 2.05) is 54.6 Å². The molecule has 9 rings (SSSR count). The van der Waals surface area contributed by atoms with E-state index in [0.29, 0.717) is 22.7 Å². The topological polar surface area (TPSA) is 97.4 Å². The van der Waals surface area contributed by atoms with Crippen LogP contribution in [0.2, 0.25) is 0 Å². The molecule has 4 aromatic rings. The van der Waals surface area contributed by atoms with E-state index in [1.165, 1.54) is 77.5 Å². The van der Waals surface area contributed by atoms with Crippen LogP contribution in [-0.2, 0) is 0 Å². The number of likely N-dealkylation sites (tertiary alicyclic amines) is 2. The molecule has 2 spiro atoms. The SMILES string of the molecule is Cl.Nc1ncnc2c1c(-c1ccc(Oc3ccccc3)cc1)nn2C1CCN(C2CC3(CCN(C4CC5(CCNCC5)C4)CC3)C2)CC1. The number of hydrogen-bond acceptors (Lipinski definition) is 8. The predicted molar refractivity (Wildman–Crippen MR) is 193 cm³/mol. The molecule has 0 radical (unpaired) electrons. The van der Waals surface area contributed by atoms with Gasteiger partial charge < -0.3 is 25.6 Å². The van der Waals surface area contributed by atoms with Crippen LogP contribution < -0.4 is 15.8 Å². The van der Waals surface area contributed by atoms with Gasteiger partial charge in [0.15, 0.2) is 5.65 Å².